The summed E-state index contributed by atoms with van der Waals surface area (Å²) in [7, 11) is -0.302. The van der Waals surface area contributed by atoms with Crippen molar-refractivity contribution < 1.29 is 13.2 Å². The molecule has 118 valence electrons. The third-order valence-corrected chi connectivity index (χ3v) is 6.58. The largest absolute Gasteiger partial charge is 0.496 e. The van der Waals surface area contributed by atoms with E-state index in [1.54, 1.807) is 32.4 Å². The van der Waals surface area contributed by atoms with E-state index in [4.69, 9.17) is 10.5 Å². The average molecular weight is 377 g/mol. The Kier molecular flexibility index (Phi) is 5.29. The summed E-state index contributed by atoms with van der Waals surface area (Å²) < 4.78 is 32.6. The van der Waals surface area contributed by atoms with Crippen LogP contribution in [0, 0.1) is 0 Å². The lowest BCUT2D eigenvalue weighted by atomic mass is 9.92. The molecule has 0 atom stereocenters. The van der Waals surface area contributed by atoms with Crippen molar-refractivity contribution in [2.45, 2.75) is 42.7 Å². The van der Waals surface area contributed by atoms with Crippen LogP contribution in [0.2, 0.25) is 0 Å². The maximum atomic E-state index is 12.7. The zero-order valence-corrected chi connectivity index (χ0v) is 14.7. The fourth-order valence-electron chi connectivity index (χ4n) is 2.64. The van der Waals surface area contributed by atoms with Gasteiger partial charge >= 0.3 is 0 Å². The minimum Gasteiger partial charge on any atom is -0.496 e. The molecule has 2 N–H and O–H groups in total. The minimum atomic E-state index is -3.50. The normalized spacial score (nSPS) is 23.3. The van der Waals surface area contributed by atoms with Gasteiger partial charge < -0.3 is 10.5 Å². The summed E-state index contributed by atoms with van der Waals surface area (Å²) in [6, 6.07) is 5.04. The van der Waals surface area contributed by atoms with Gasteiger partial charge in [0.25, 0.3) is 0 Å². The third kappa shape index (κ3) is 3.59. The number of sulfonamides is 1. The first-order valence-electron chi connectivity index (χ1n) is 6.93. The average Bonchev–Trinajstić information content (AvgIpc) is 2.47. The SMILES string of the molecule is COc1ccc(S(=O)(=O)N(C)C2CCC(N)CC2)cc1Br. The van der Waals surface area contributed by atoms with Crippen LogP contribution in [-0.4, -0.2) is 39.0 Å². The highest BCUT2D eigenvalue weighted by atomic mass is 79.9. The molecule has 1 aromatic carbocycles. The highest BCUT2D eigenvalue weighted by Gasteiger charge is 2.30. The van der Waals surface area contributed by atoms with Crippen molar-refractivity contribution in [3.05, 3.63) is 22.7 Å². The second-order valence-electron chi connectivity index (χ2n) is 5.39. The lowest BCUT2D eigenvalue weighted by Crippen LogP contribution is -2.41. The molecule has 7 heteroatoms. The second-order valence-corrected chi connectivity index (χ2v) is 8.24. The molecule has 0 unspecified atom stereocenters. The van der Waals surface area contributed by atoms with Gasteiger partial charge in [-0.15, -0.1) is 0 Å². The molecule has 0 aromatic heterocycles. The van der Waals surface area contributed by atoms with Crippen molar-refractivity contribution in [2.75, 3.05) is 14.2 Å². The summed E-state index contributed by atoms with van der Waals surface area (Å²) in [5, 5.41) is 0. The quantitative estimate of drug-likeness (QED) is 0.874. The van der Waals surface area contributed by atoms with E-state index >= 15 is 0 Å². The van der Waals surface area contributed by atoms with Gasteiger partial charge in [0.1, 0.15) is 5.75 Å². The molecule has 2 rings (SSSR count). The first kappa shape index (κ1) is 16.7. The van der Waals surface area contributed by atoms with Crippen molar-refractivity contribution in [2.24, 2.45) is 5.73 Å². The van der Waals surface area contributed by atoms with Gasteiger partial charge in [0.2, 0.25) is 10.0 Å². The Morgan fingerprint density at radius 2 is 1.90 bits per heavy atom. The fraction of sp³-hybridized carbons (Fsp3) is 0.571. The number of methoxy groups -OCH3 is 1. The van der Waals surface area contributed by atoms with E-state index in [1.165, 1.54) is 4.31 Å². The molecular weight excluding hydrogens is 356 g/mol. The van der Waals surface area contributed by atoms with Crippen LogP contribution in [0.4, 0.5) is 0 Å². The number of hydrogen-bond acceptors (Lipinski definition) is 4. The van der Waals surface area contributed by atoms with Gasteiger partial charge in [-0.2, -0.15) is 4.31 Å². The van der Waals surface area contributed by atoms with Gasteiger partial charge in [0, 0.05) is 19.1 Å². The number of hydrogen-bond donors (Lipinski definition) is 1. The molecule has 0 spiro atoms. The molecular formula is C14H21BrN2O3S. The van der Waals surface area contributed by atoms with Gasteiger partial charge in [-0.25, -0.2) is 8.42 Å². The molecule has 1 saturated carbocycles. The summed E-state index contributed by atoms with van der Waals surface area (Å²) in [6.45, 7) is 0. The van der Waals surface area contributed by atoms with E-state index in [0.717, 1.165) is 25.7 Å². The topological polar surface area (TPSA) is 72.6 Å². The number of nitrogens with zero attached hydrogens (tertiary/aromatic N) is 1. The van der Waals surface area contributed by atoms with Crippen LogP contribution in [0.25, 0.3) is 0 Å². The zero-order chi connectivity index (χ0) is 15.6. The number of nitrogens with two attached hydrogens (primary N) is 1. The van der Waals surface area contributed by atoms with Crippen LogP contribution in [0.5, 0.6) is 5.75 Å². The molecule has 5 nitrogen and oxygen atoms in total. The van der Waals surface area contributed by atoms with Gasteiger partial charge in [-0.05, 0) is 59.8 Å². The molecule has 1 aromatic rings. The highest BCUT2D eigenvalue weighted by Crippen LogP contribution is 2.31. The molecule has 1 aliphatic rings. The summed E-state index contributed by atoms with van der Waals surface area (Å²) in [6.07, 6.45) is 3.37. The lowest BCUT2D eigenvalue weighted by molar-refractivity contribution is 0.268. The van der Waals surface area contributed by atoms with Gasteiger partial charge in [-0.1, -0.05) is 0 Å². The third-order valence-electron chi connectivity index (χ3n) is 4.06. The van der Waals surface area contributed by atoms with E-state index in [1.807, 2.05) is 0 Å². The zero-order valence-electron chi connectivity index (χ0n) is 12.3. The monoisotopic (exact) mass is 376 g/mol. The summed E-state index contributed by atoms with van der Waals surface area (Å²) >= 11 is 3.33. The van der Waals surface area contributed by atoms with Crippen LogP contribution >= 0.6 is 15.9 Å². The minimum absolute atomic E-state index is 0.0238. The van der Waals surface area contributed by atoms with E-state index in [2.05, 4.69) is 15.9 Å². The number of benzene rings is 1. The molecule has 21 heavy (non-hydrogen) atoms. The molecule has 0 aliphatic heterocycles. The summed E-state index contributed by atoms with van der Waals surface area (Å²) in [5.41, 5.74) is 5.88. The Labute approximate surface area is 134 Å². The number of rotatable bonds is 4. The van der Waals surface area contributed by atoms with Crippen LogP contribution in [0.15, 0.2) is 27.6 Å². The van der Waals surface area contributed by atoms with Crippen LogP contribution < -0.4 is 10.5 Å². The molecule has 1 fully saturated rings. The van der Waals surface area contributed by atoms with Crippen molar-refractivity contribution >= 4 is 26.0 Å². The van der Waals surface area contributed by atoms with Crippen molar-refractivity contribution in [3.63, 3.8) is 0 Å². The lowest BCUT2D eigenvalue weighted by Gasteiger charge is -2.32. The highest BCUT2D eigenvalue weighted by molar-refractivity contribution is 9.10. The molecule has 0 amide bonds. The van der Waals surface area contributed by atoms with Crippen molar-refractivity contribution in [1.82, 2.24) is 4.31 Å². The smallest absolute Gasteiger partial charge is 0.243 e. The van der Waals surface area contributed by atoms with Gasteiger partial charge in [0.05, 0.1) is 16.5 Å². The molecule has 1 aliphatic carbocycles. The van der Waals surface area contributed by atoms with E-state index in [-0.39, 0.29) is 17.0 Å². The second kappa shape index (κ2) is 6.64. The Balaban J connectivity index is 2.22. The van der Waals surface area contributed by atoms with Crippen LogP contribution in [-0.2, 0) is 10.0 Å². The Morgan fingerprint density at radius 3 is 2.43 bits per heavy atom. The maximum Gasteiger partial charge on any atom is 0.243 e. The molecule has 0 bridgehead atoms. The molecule has 0 heterocycles. The first-order valence-corrected chi connectivity index (χ1v) is 9.16. The number of halogens is 1. The van der Waals surface area contributed by atoms with Crippen LogP contribution in [0.1, 0.15) is 25.7 Å². The predicted octanol–water partition coefficient (Wildman–Crippen LogP) is 2.35. The van der Waals surface area contributed by atoms with E-state index in [0.29, 0.717) is 10.2 Å². The summed E-state index contributed by atoms with van der Waals surface area (Å²) in [5.74, 6) is 0.611. The van der Waals surface area contributed by atoms with Crippen molar-refractivity contribution in [1.29, 1.82) is 0 Å². The predicted molar refractivity (Wildman–Crippen MR) is 85.9 cm³/mol. The Hall–Kier alpha value is -0.630. The summed E-state index contributed by atoms with van der Waals surface area (Å²) in [4.78, 5) is 0.271. The Morgan fingerprint density at radius 1 is 1.29 bits per heavy atom. The first-order chi connectivity index (χ1) is 9.86. The molecule has 0 radical (unpaired) electrons. The maximum absolute atomic E-state index is 12.7. The van der Waals surface area contributed by atoms with E-state index in [9.17, 15) is 8.42 Å². The van der Waals surface area contributed by atoms with Crippen molar-refractivity contribution in [3.8, 4) is 5.75 Å². The van der Waals surface area contributed by atoms with Gasteiger partial charge in [0.15, 0.2) is 0 Å². The van der Waals surface area contributed by atoms with Gasteiger partial charge in [-0.3, -0.25) is 0 Å². The van der Waals surface area contributed by atoms with Crippen LogP contribution in [0.3, 0.4) is 0 Å². The standard InChI is InChI=1S/C14H21BrN2O3S/c1-17(11-5-3-10(16)4-6-11)21(18,19)12-7-8-14(20-2)13(15)9-12/h7-11H,3-6,16H2,1-2H3. The Bertz CT molecular complexity index is 598. The fourth-order valence-corrected chi connectivity index (χ4v) is 4.77. The number of ether oxygens (including phenoxy) is 1. The van der Waals surface area contributed by atoms with E-state index < -0.39 is 10.0 Å². The molecule has 0 saturated heterocycles.